The van der Waals surface area contributed by atoms with E-state index in [0.29, 0.717) is 18.5 Å². The van der Waals surface area contributed by atoms with Crippen LogP contribution in [0.2, 0.25) is 0 Å². The number of aryl methyl sites for hydroxylation is 2. The summed E-state index contributed by atoms with van der Waals surface area (Å²) in [6.45, 7) is 17.4. The molecule has 0 aliphatic rings. The highest BCUT2D eigenvalue weighted by molar-refractivity contribution is 5.92. The van der Waals surface area contributed by atoms with Gasteiger partial charge in [-0.3, -0.25) is 9.59 Å². The van der Waals surface area contributed by atoms with Crippen molar-refractivity contribution in [1.29, 1.82) is 0 Å². The third-order valence-corrected chi connectivity index (χ3v) is 6.48. The average Bonchev–Trinajstić information content (AvgIpc) is 2.86. The van der Waals surface area contributed by atoms with Crippen molar-refractivity contribution in [3.05, 3.63) is 83.4 Å². The van der Waals surface area contributed by atoms with Gasteiger partial charge in [0.05, 0.1) is 0 Å². The highest BCUT2D eigenvalue weighted by atomic mass is 16.6. The number of benzene rings is 2. The molecular formula is C31H43N3O4. The molecule has 7 nitrogen and oxygen atoms in total. The van der Waals surface area contributed by atoms with Gasteiger partial charge in [-0.15, -0.1) is 6.58 Å². The molecule has 0 fully saturated rings. The minimum atomic E-state index is -0.921. The minimum Gasteiger partial charge on any atom is -0.444 e. The van der Waals surface area contributed by atoms with Crippen LogP contribution in [-0.4, -0.2) is 41.0 Å². The second-order valence-electron chi connectivity index (χ2n) is 10.7. The lowest BCUT2D eigenvalue weighted by molar-refractivity contribution is -0.142. The molecule has 0 saturated carbocycles. The average molecular weight is 522 g/mol. The number of rotatable bonds is 11. The van der Waals surface area contributed by atoms with E-state index >= 15 is 0 Å². The molecule has 2 aromatic carbocycles. The molecule has 7 heteroatoms. The van der Waals surface area contributed by atoms with Crippen LogP contribution in [0.15, 0.2) is 61.2 Å². The molecule has 0 saturated heterocycles. The quantitative estimate of drug-likeness (QED) is 0.376. The summed E-state index contributed by atoms with van der Waals surface area (Å²) < 4.78 is 5.44. The molecule has 3 amide bonds. The van der Waals surface area contributed by atoms with Crippen LogP contribution in [0.25, 0.3) is 0 Å². The summed E-state index contributed by atoms with van der Waals surface area (Å²) in [7, 11) is 0. The monoisotopic (exact) mass is 521 g/mol. The van der Waals surface area contributed by atoms with E-state index < -0.39 is 23.8 Å². The molecule has 2 N–H and O–H groups in total. The Labute approximate surface area is 227 Å². The number of nitrogens with zero attached hydrogens (tertiary/aromatic N) is 1. The first-order chi connectivity index (χ1) is 17.9. The Morgan fingerprint density at radius 3 is 2.26 bits per heavy atom. The van der Waals surface area contributed by atoms with Gasteiger partial charge in [0.2, 0.25) is 11.8 Å². The Hall–Kier alpha value is -3.61. The van der Waals surface area contributed by atoms with E-state index in [0.717, 1.165) is 16.7 Å². The van der Waals surface area contributed by atoms with Gasteiger partial charge >= 0.3 is 6.09 Å². The van der Waals surface area contributed by atoms with Crippen LogP contribution >= 0.6 is 0 Å². The Kier molecular flexibility index (Phi) is 11.1. The SMILES string of the molecule is C=CCN(C(=O)C(NC(=O)OC(C)(C)C)C(C)CC)C(C(=O)NCc1ccccc1)c1ccc(C)c(C)c1. The van der Waals surface area contributed by atoms with Gasteiger partial charge in [0.15, 0.2) is 0 Å². The van der Waals surface area contributed by atoms with Crippen LogP contribution < -0.4 is 10.6 Å². The van der Waals surface area contributed by atoms with Crippen LogP contribution in [0, 0.1) is 19.8 Å². The Morgan fingerprint density at radius 1 is 1.05 bits per heavy atom. The van der Waals surface area contributed by atoms with Crippen molar-refractivity contribution < 1.29 is 19.1 Å². The van der Waals surface area contributed by atoms with E-state index in [4.69, 9.17) is 4.74 Å². The first-order valence-electron chi connectivity index (χ1n) is 13.2. The van der Waals surface area contributed by atoms with E-state index in [1.807, 2.05) is 76.2 Å². The maximum absolute atomic E-state index is 14.1. The molecule has 0 aliphatic carbocycles. The number of ether oxygens (including phenoxy) is 1. The van der Waals surface area contributed by atoms with Gasteiger partial charge in [-0.25, -0.2) is 4.79 Å². The first-order valence-corrected chi connectivity index (χ1v) is 13.2. The lowest BCUT2D eigenvalue weighted by atomic mass is 9.94. The Bertz CT molecular complexity index is 1110. The van der Waals surface area contributed by atoms with Crippen LogP contribution in [0.1, 0.15) is 69.3 Å². The summed E-state index contributed by atoms with van der Waals surface area (Å²) in [6.07, 6.45) is 1.56. The Morgan fingerprint density at radius 2 is 1.71 bits per heavy atom. The normalized spacial score (nSPS) is 13.6. The molecule has 2 rings (SSSR count). The van der Waals surface area contributed by atoms with E-state index in [-0.39, 0.29) is 24.3 Å². The Balaban J connectivity index is 2.49. The maximum atomic E-state index is 14.1. The first kappa shape index (κ1) is 30.6. The van der Waals surface area contributed by atoms with Gasteiger partial charge in [0, 0.05) is 13.1 Å². The standard InChI is InChI=1S/C31H43N3O4/c1-9-18-34(29(36)26(21(3)10-2)33-30(37)38-31(6,7)8)27(25-17-16-22(4)23(5)19-25)28(35)32-20-24-14-12-11-13-15-24/h9,11-17,19,21,26-27H,1,10,18,20H2,2-8H3,(H,32,35)(H,33,37). The molecule has 0 aliphatic heterocycles. The van der Waals surface area contributed by atoms with Crippen molar-refractivity contribution in [1.82, 2.24) is 15.5 Å². The zero-order chi connectivity index (χ0) is 28.5. The zero-order valence-electron chi connectivity index (χ0n) is 23.8. The van der Waals surface area contributed by atoms with Gasteiger partial charge in [0.25, 0.3) is 0 Å². The van der Waals surface area contributed by atoms with Crippen molar-refractivity contribution >= 4 is 17.9 Å². The topological polar surface area (TPSA) is 87.7 Å². The molecule has 0 spiro atoms. The largest absolute Gasteiger partial charge is 0.444 e. The number of carbonyl (C=O) groups excluding carboxylic acids is 3. The number of carbonyl (C=O) groups is 3. The summed E-state index contributed by atoms with van der Waals surface area (Å²) in [6, 6.07) is 13.6. The molecule has 38 heavy (non-hydrogen) atoms. The zero-order valence-corrected chi connectivity index (χ0v) is 23.8. The number of hydrogen-bond donors (Lipinski definition) is 2. The predicted octanol–water partition coefficient (Wildman–Crippen LogP) is 5.61. The van der Waals surface area contributed by atoms with Gasteiger partial charge in [-0.1, -0.05) is 74.9 Å². The molecule has 0 aromatic heterocycles. The highest BCUT2D eigenvalue weighted by Gasteiger charge is 2.37. The van der Waals surface area contributed by atoms with Crippen LogP contribution in [0.5, 0.6) is 0 Å². The number of hydrogen-bond acceptors (Lipinski definition) is 4. The number of alkyl carbamates (subject to hydrolysis) is 1. The van der Waals surface area contributed by atoms with Gasteiger partial charge in [-0.05, 0) is 62.8 Å². The molecular weight excluding hydrogens is 478 g/mol. The van der Waals surface area contributed by atoms with Crippen molar-refractivity contribution in [3.63, 3.8) is 0 Å². The summed E-state index contributed by atoms with van der Waals surface area (Å²) in [5.41, 5.74) is 3.02. The molecule has 0 bridgehead atoms. The van der Waals surface area contributed by atoms with Gasteiger partial charge in [0.1, 0.15) is 17.7 Å². The fourth-order valence-corrected chi connectivity index (χ4v) is 4.05. The lowest BCUT2D eigenvalue weighted by Gasteiger charge is -2.35. The second-order valence-corrected chi connectivity index (χ2v) is 10.7. The predicted molar refractivity (Wildman–Crippen MR) is 151 cm³/mol. The van der Waals surface area contributed by atoms with Crippen LogP contribution in [-0.2, 0) is 20.9 Å². The van der Waals surface area contributed by atoms with E-state index in [9.17, 15) is 14.4 Å². The maximum Gasteiger partial charge on any atom is 0.408 e. The number of amides is 3. The fourth-order valence-electron chi connectivity index (χ4n) is 4.05. The molecule has 2 aromatic rings. The van der Waals surface area contributed by atoms with Gasteiger partial charge < -0.3 is 20.3 Å². The van der Waals surface area contributed by atoms with Crippen molar-refractivity contribution in [2.24, 2.45) is 5.92 Å². The summed E-state index contributed by atoms with van der Waals surface area (Å²) in [5.74, 6) is -0.884. The van der Waals surface area contributed by atoms with Gasteiger partial charge in [-0.2, -0.15) is 0 Å². The van der Waals surface area contributed by atoms with E-state index in [1.165, 1.54) is 4.90 Å². The van der Waals surface area contributed by atoms with E-state index in [2.05, 4.69) is 17.2 Å². The van der Waals surface area contributed by atoms with Crippen LogP contribution in [0.4, 0.5) is 4.79 Å². The third-order valence-electron chi connectivity index (χ3n) is 6.48. The van der Waals surface area contributed by atoms with Crippen molar-refractivity contribution in [3.8, 4) is 0 Å². The molecule has 0 heterocycles. The summed E-state index contributed by atoms with van der Waals surface area (Å²) >= 11 is 0. The third kappa shape index (κ3) is 8.75. The molecule has 0 radical (unpaired) electrons. The molecule has 3 unspecified atom stereocenters. The van der Waals surface area contributed by atoms with Crippen LogP contribution in [0.3, 0.4) is 0 Å². The van der Waals surface area contributed by atoms with Crippen molar-refractivity contribution in [2.75, 3.05) is 6.54 Å². The van der Waals surface area contributed by atoms with E-state index in [1.54, 1.807) is 26.8 Å². The minimum absolute atomic E-state index is 0.123. The highest BCUT2D eigenvalue weighted by Crippen LogP contribution is 2.26. The molecule has 206 valence electrons. The molecule has 3 atom stereocenters. The van der Waals surface area contributed by atoms with Crippen molar-refractivity contribution in [2.45, 2.75) is 79.1 Å². The fraction of sp³-hybridized carbons (Fsp3) is 0.452. The number of nitrogens with one attached hydrogen (secondary N) is 2. The summed E-state index contributed by atoms with van der Waals surface area (Å²) in [5, 5.41) is 5.77. The second kappa shape index (κ2) is 13.8. The smallest absolute Gasteiger partial charge is 0.408 e. The summed E-state index contributed by atoms with van der Waals surface area (Å²) in [4.78, 5) is 42.0. The lowest BCUT2D eigenvalue weighted by Crippen LogP contribution is -2.55.